The summed E-state index contributed by atoms with van der Waals surface area (Å²) in [4.78, 5) is 31.2. The number of carbonyl (C=O) groups excluding carboxylic acids is 1. The summed E-state index contributed by atoms with van der Waals surface area (Å²) in [6, 6.07) is 6.05. The van der Waals surface area contributed by atoms with Crippen molar-refractivity contribution in [3.8, 4) is 17.0 Å². The van der Waals surface area contributed by atoms with Crippen LogP contribution in [0.15, 0.2) is 43.1 Å². The summed E-state index contributed by atoms with van der Waals surface area (Å²) in [5.74, 6) is -1.05. The van der Waals surface area contributed by atoms with Gasteiger partial charge in [-0.25, -0.2) is 28.1 Å². The summed E-state index contributed by atoms with van der Waals surface area (Å²) >= 11 is 0. The van der Waals surface area contributed by atoms with Gasteiger partial charge in [0, 0.05) is 25.8 Å². The van der Waals surface area contributed by atoms with Gasteiger partial charge < -0.3 is 40.3 Å². The predicted octanol–water partition coefficient (Wildman–Crippen LogP) is 3.28. The maximum absolute atomic E-state index is 15.2. The van der Waals surface area contributed by atoms with E-state index in [2.05, 4.69) is 19.9 Å². The Morgan fingerprint density at radius 1 is 1.15 bits per heavy atom. The molecule has 0 amide bonds. The number of hydrogen-bond donors (Lipinski definition) is 3. The fourth-order valence-corrected chi connectivity index (χ4v) is 6.58. The number of aliphatic hydroxyl groups is 1. The highest BCUT2D eigenvalue weighted by molar-refractivity contribution is 5.81. The fraction of sp³-hybridized carbons (Fsp3) is 0.469. The Labute approximate surface area is 274 Å². The molecule has 0 radical (unpaired) electrons. The molecule has 3 atom stereocenters. The second-order valence-electron chi connectivity index (χ2n) is 12.2. The van der Waals surface area contributed by atoms with Crippen LogP contribution in [0.1, 0.15) is 37.7 Å². The highest BCUT2D eigenvalue weighted by atomic mass is 19.3. The number of aromatic nitrogens is 5. The Kier molecular flexibility index (Phi) is 9.66. The Bertz CT molecular complexity index is 1770. The number of pyridine rings is 1. The van der Waals surface area contributed by atoms with Crippen LogP contribution in [-0.4, -0.2) is 86.7 Å². The van der Waals surface area contributed by atoms with E-state index in [1.165, 1.54) is 25.6 Å². The molecule has 1 unspecified atom stereocenters. The van der Waals surface area contributed by atoms with E-state index < -0.39 is 36.8 Å². The predicted molar refractivity (Wildman–Crippen MR) is 169 cm³/mol. The molecule has 4 heterocycles. The molecular weight excluding hydrogens is 633 g/mol. The van der Waals surface area contributed by atoms with Gasteiger partial charge in [0.2, 0.25) is 6.79 Å². The van der Waals surface area contributed by atoms with Gasteiger partial charge in [-0.3, -0.25) is 9.78 Å². The Balaban J connectivity index is 1.30. The van der Waals surface area contributed by atoms with Gasteiger partial charge in [0.25, 0.3) is 6.43 Å². The Morgan fingerprint density at radius 3 is 2.67 bits per heavy atom. The van der Waals surface area contributed by atoms with Gasteiger partial charge in [-0.15, -0.1) is 0 Å². The smallest absolute Gasteiger partial charge is 0.311 e. The topological polar surface area (TPSA) is 177 Å². The molecule has 1 aliphatic carbocycles. The molecule has 6 rings (SSSR count). The number of imidazole rings is 1. The standard InChI is InChI=1S/C32H37F3N8O5/c1-46-25-8-9-42(14-32(25,37)27(44)28(34)35)23-12-38-22(11-20(23)13-43-16-41-26-29(36)39-15-40-30(26)43)19-6-7-24(21(33)10-19)47-17-48-31(45)18-4-2-3-5-18/h6-7,10-12,15-16,18,25,27-28,44H,2-5,8-9,13-14,17,37H2,1H3,(H2,36,39,40)/t25?,27-,32+/m1/s1. The van der Waals surface area contributed by atoms with Crippen LogP contribution in [0.3, 0.4) is 0 Å². The average molecular weight is 671 g/mol. The van der Waals surface area contributed by atoms with Crippen LogP contribution in [0.2, 0.25) is 0 Å². The van der Waals surface area contributed by atoms with E-state index in [1.54, 1.807) is 34.1 Å². The van der Waals surface area contributed by atoms with Crippen LogP contribution in [-0.2, 0) is 20.8 Å². The lowest BCUT2D eigenvalue weighted by molar-refractivity contribution is -0.155. The van der Waals surface area contributed by atoms with Crippen LogP contribution < -0.4 is 21.1 Å². The molecule has 4 aromatic rings. The number of aliphatic hydroxyl groups excluding tert-OH is 1. The minimum Gasteiger partial charge on any atom is -0.454 e. The van der Waals surface area contributed by atoms with E-state index in [0.29, 0.717) is 40.2 Å². The third-order valence-electron chi connectivity index (χ3n) is 9.21. The number of alkyl halides is 2. The lowest BCUT2D eigenvalue weighted by atomic mass is 9.81. The molecule has 1 aliphatic heterocycles. The lowest BCUT2D eigenvalue weighted by Gasteiger charge is -2.48. The first-order chi connectivity index (χ1) is 23.1. The molecule has 1 saturated carbocycles. The zero-order valence-corrected chi connectivity index (χ0v) is 26.3. The number of esters is 1. The zero-order chi connectivity index (χ0) is 34.0. The van der Waals surface area contributed by atoms with Crippen molar-refractivity contribution < 1.29 is 37.3 Å². The minimum atomic E-state index is -3.09. The number of nitrogens with zero attached hydrogens (tertiary/aromatic N) is 6. The van der Waals surface area contributed by atoms with E-state index >= 15 is 4.39 Å². The first-order valence-electron chi connectivity index (χ1n) is 15.6. The van der Waals surface area contributed by atoms with Gasteiger partial charge in [-0.05, 0) is 49.1 Å². The second kappa shape index (κ2) is 13.9. The van der Waals surface area contributed by atoms with E-state index in [1.807, 2.05) is 0 Å². The number of nitrogens with two attached hydrogens (primary N) is 2. The van der Waals surface area contributed by atoms with Gasteiger partial charge in [0.05, 0.1) is 48.0 Å². The molecule has 2 aliphatic rings. The molecular formula is C32H37F3N8O5. The number of anilines is 2. The van der Waals surface area contributed by atoms with Gasteiger partial charge in [-0.1, -0.05) is 12.8 Å². The molecule has 13 nitrogen and oxygen atoms in total. The Morgan fingerprint density at radius 2 is 1.94 bits per heavy atom. The first kappa shape index (κ1) is 33.4. The number of rotatable bonds is 11. The molecule has 5 N–H and O–H groups in total. The van der Waals surface area contributed by atoms with Crippen molar-refractivity contribution in [2.24, 2.45) is 11.7 Å². The number of benzene rings is 1. The largest absolute Gasteiger partial charge is 0.454 e. The number of hydrogen-bond acceptors (Lipinski definition) is 12. The molecule has 256 valence electrons. The number of fused-ring (bicyclic) bond motifs is 1. The van der Waals surface area contributed by atoms with Crippen molar-refractivity contribution in [2.75, 3.05) is 37.6 Å². The van der Waals surface area contributed by atoms with E-state index in [-0.39, 0.29) is 43.0 Å². The minimum absolute atomic E-state index is 0.0881. The number of halogens is 3. The molecule has 1 saturated heterocycles. The first-order valence-corrected chi connectivity index (χ1v) is 15.6. The summed E-state index contributed by atoms with van der Waals surface area (Å²) in [5.41, 5.74) is 13.6. The van der Waals surface area contributed by atoms with Crippen molar-refractivity contribution in [1.29, 1.82) is 0 Å². The molecule has 0 bridgehead atoms. The van der Waals surface area contributed by atoms with Crippen molar-refractivity contribution >= 4 is 28.6 Å². The lowest BCUT2D eigenvalue weighted by Crippen LogP contribution is -2.70. The summed E-state index contributed by atoms with van der Waals surface area (Å²) < 4.78 is 60.5. The van der Waals surface area contributed by atoms with E-state index in [4.69, 9.17) is 25.7 Å². The zero-order valence-electron chi connectivity index (χ0n) is 26.3. The molecule has 48 heavy (non-hydrogen) atoms. The average Bonchev–Trinajstić information content (AvgIpc) is 3.77. The van der Waals surface area contributed by atoms with Crippen molar-refractivity contribution in [1.82, 2.24) is 24.5 Å². The van der Waals surface area contributed by atoms with E-state index in [9.17, 15) is 18.7 Å². The third kappa shape index (κ3) is 6.59. The number of carbonyl (C=O) groups is 1. The van der Waals surface area contributed by atoms with Gasteiger partial charge in [-0.2, -0.15) is 0 Å². The monoisotopic (exact) mass is 670 g/mol. The molecule has 3 aromatic heterocycles. The number of ether oxygens (including phenoxy) is 3. The summed E-state index contributed by atoms with van der Waals surface area (Å²) in [5, 5.41) is 10.5. The number of methoxy groups -OCH3 is 1. The van der Waals surface area contributed by atoms with Crippen LogP contribution in [0.5, 0.6) is 5.75 Å². The Hall–Kier alpha value is -4.54. The van der Waals surface area contributed by atoms with Crippen molar-refractivity contribution in [3.05, 3.63) is 54.5 Å². The van der Waals surface area contributed by atoms with Crippen molar-refractivity contribution in [3.63, 3.8) is 0 Å². The van der Waals surface area contributed by atoms with Crippen molar-refractivity contribution in [2.45, 2.75) is 62.8 Å². The summed E-state index contributed by atoms with van der Waals surface area (Å²) in [6.07, 6.45) is 2.17. The normalized spacial score (nSPS) is 20.8. The number of nitrogen functional groups attached to an aromatic ring is 1. The molecule has 0 spiro atoms. The quantitative estimate of drug-likeness (QED) is 0.157. The third-order valence-corrected chi connectivity index (χ3v) is 9.21. The van der Waals surface area contributed by atoms with Crippen LogP contribution in [0.25, 0.3) is 22.4 Å². The molecule has 1 aromatic carbocycles. The fourth-order valence-electron chi connectivity index (χ4n) is 6.58. The van der Waals surface area contributed by atoms with Crippen LogP contribution in [0, 0.1) is 11.7 Å². The maximum Gasteiger partial charge on any atom is 0.311 e. The highest BCUT2D eigenvalue weighted by Crippen LogP contribution is 2.35. The SMILES string of the molecule is COC1CCN(c2cnc(-c3ccc(OCOC(=O)C4CCCC4)c(F)c3)cc2Cn2cnc3c(N)ncnc32)C[C@@]1(N)[C@H](O)C(F)F. The van der Waals surface area contributed by atoms with Gasteiger partial charge >= 0.3 is 5.97 Å². The van der Waals surface area contributed by atoms with E-state index in [0.717, 1.165) is 25.7 Å². The number of piperidine rings is 1. The van der Waals surface area contributed by atoms with Crippen LogP contribution in [0.4, 0.5) is 24.7 Å². The summed E-state index contributed by atoms with van der Waals surface area (Å²) in [7, 11) is 1.37. The second-order valence-corrected chi connectivity index (χ2v) is 12.2. The van der Waals surface area contributed by atoms with Crippen LogP contribution >= 0.6 is 0 Å². The van der Waals surface area contributed by atoms with Gasteiger partial charge in [0.1, 0.15) is 17.9 Å². The molecule has 2 fully saturated rings. The van der Waals surface area contributed by atoms with Gasteiger partial charge in [0.15, 0.2) is 23.0 Å². The maximum atomic E-state index is 15.2. The summed E-state index contributed by atoms with van der Waals surface area (Å²) in [6.45, 7) is -0.00462. The molecule has 16 heteroatoms. The highest BCUT2D eigenvalue weighted by Gasteiger charge is 2.50.